The Morgan fingerprint density at radius 3 is 2.81 bits per heavy atom. The van der Waals surface area contributed by atoms with Crippen LogP contribution in [0, 0.1) is 5.92 Å². The molecule has 26 heavy (non-hydrogen) atoms. The molecule has 4 rings (SSSR count). The summed E-state index contributed by atoms with van der Waals surface area (Å²) in [6, 6.07) is 7.85. The van der Waals surface area contributed by atoms with E-state index in [4.69, 9.17) is 14.2 Å². The van der Waals surface area contributed by atoms with Crippen LogP contribution in [0.3, 0.4) is 0 Å². The monoisotopic (exact) mass is 354 g/mol. The average molecular weight is 354 g/mol. The molecule has 1 aromatic heterocycles. The first-order chi connectivity index (χ1) is 12.8. The number of benzene rings is 1. The smallest absolute Gasteiger partial charge is 0.228 e. The Morgan fingerprint density at radius 1 is 1.19 bits per heavy atom. The van der Waals surface area contributed by atoms with E-state index in [1.165, 1.54) is 0 Å². The molecule has 1 fully saturated rings. The second-order valence-corrected chi connectivity index (χ2v) is 6.50. The van der Waals surface area contributed by atoms with Crippen molar-refractivity contribution in [3.63, 3.8) is 0 Å². The third-order valence-corrected chi connectivity index (χ3v) is 4.97. The third kappa shape index (κ3) is 3.12. The highest BCUT2D eigenvalue weighted by atomic mass is 16.5. The van der Waals surface area contributed by atoms with Gasteiger partial charge in [0.1, 0.15) is 5.75 Å². The fourth-order valence-corrected chi connectivity index (χ4v) is 3.56. The lowest BCUT2D eigenvalue weighted by atomic mass is 9.98. The third-order valence-electron chi connectivity index (χ3n) is 4.97. The maximum atomic E-state index is 12.5. The second-order valence-electron chi connectivity index (χ2n) is 6.50. The Labute approximate surface area is 152 Å². The minimum absolute atomic E-state index is 0.0106. The van der Waals surface area contributed by atoms with Crippen molar-refractivity contribution in [2.24, 2.45) is 5.92 Å². The highest BCUT2D eigenvalue weighted by molar-refractivity contribution is 5.94. The van der Waals surface area contributed by atoms with E-state index in [0.29, 0.717) is 31.4 Å². The molecule has 136 valence electrons. The molecule has 0 saturated carbocycles. The van der Waals surface area contributed by atoms with Crippen molar-refractivity contribution in [3.05, 3.63) is 36.0 Å². The lowest BCUT2D eigenvalue weighted by Gasteiger charge is -2.21. The topological polar surface area (TPSA) is 69.7 Å². The van der Waals surface area contributed by atoms with Gasteiger partial charge in [-0.2, -0.15) is 0 Å². The molecule has 2 aliphatic heterocycles. The lowest BCUT2D eigenvalue weighted by molar-refractivity contribution is -0.122. The van der Waals surface area contributed by atoms with Crippen molar-refractivity contribution in [1.82, 2.24) is 4.98 Å². The number of nitrogens with zero attached hydrogens (tertiary/aromatic N) is 1. The van der Waals surface area contributed by atoms with Crippen LogP contribution in [0.4, 0.5) is 5.82 Å². The molecular weight excluding hydrogens is 332 g/mol. The first-order valence-corrected chi connectivity index (χ1v) is 8.94. The summed E-state index contributed by atoms with van der Waals surface area (Å²) in [5, 5.41) is 2.96. The first-order valence-electron chi connectivity index (χ1n) is 8.94. The van der Waals surface area contributed by atoms with Crippen molar-refractivity contribution in [1.29, 1.82) is 0 Å². The van der Waals surface area contributed by atoms with Gasteiger partial charge in [0, 0.05) is 48.4 Å². The second kappa shape index (κ2) is 7.33. The number of pyridine rings is 1. The molecule has 0 bridgehead atoms. The molecule has 3 heterocycles. The van der Waals surface area contributed by atoms with E-state index in [1.807, 2.05) is 24.3 Å². The van der Waals surface area contributed by atoms with Crippen LogP contribution in [0.2, 0.25) is 0 Å². The van der Waals surface area contributed by atoms with Crippen LogP contribution in [0.25, 0.3) is 11.1 Å². The maximum absolute atomic E-state index is 12.5. The van der Waals surface area contributed by atoms with Crippen molar-refractivity contribution >= 4 is 11.7 Å². The Hall–Kier alpha value is -2.60. The molecule has 0 aliphatic carbocycles. The van der Waals surface area contributed by atoms with E-state index in [0.717, 1.165) is 41.7 Å². The van der Waals surface area contributed by atoms with E-state index in [9.17, 15) is 4.79 Å². The van der Waals surface area contributed by atoms with E-state index < -0.39 is 0 Å². The number of aromatic nitrogens is 1. The summed E-state index contributed by atoms with van der Waals surface area (Å²) >= 11 is 0. The van der Waals surface area contributed by atoms with Crippen LogP contribution in [0.1, 0.15) is 18.4 Å². The van der Waals surface area contributed by atoms with Gasteiger partial charge in [0.2, 0.25) is 5.91 Å². The highest BCUT2D eigenvalue weighted by Gasteiger charge is 2.27. The Kier molecular flexibility index (Phi) is 4.75. The zero-order valence-corrected chi connectivity index (χ0v) is 14.8. The fraction of sp³-hybridized carbons (Fsp3) is 0.400. The number of methoxy groups -OCH3 is 1. The van der Waals surface area contributed by atoms with Gasteiger partial charge in [-0.1, -0.05) is 18.2 Å². The minimum atomic E-state index is -0.0310. The lowest BCUT2D eigenvalue weighted by Crippen LogP contribution is -2.29. The molecule has 0 unspecified atom stereocenters. The van der Waals surface area contributed by atoms with Crippen molar-refractivity contribution < 1.29 is 19.0 Å². The number of carbonyl (C=O) groups is 1. The summed E-state index contributed by atoms with van der Waals surface area (Å²) in [6.45, 7) is 1.85. The van der Waals surface area contributed by atoms with Crippen LogP contribution in [0.15, 0.2) is 30.5 Å². The molecule has 6 nitrogen and oxygen atoms in total. The number of carbonyl (C=O) groups excluding carboxylic acids is 1. The number of fused-ring (bicyclic) bond motifs is 1. The summed E-state index contributed by atoms with van der Waals surface area (Å²) in [5.74, 6) is 1.93. The largest absolute Gasteiger partial charge is 0.496 e. The molecule has 1 N–H and O–H groups in total. The highest BCUT2D eigenvalue weighted by Crippen LogP contribution is 2.41. The molecule has 2 aromatic rings. The van der Waals surface area contributed by atoms with Crippen molar-refractivity contribution in [3.8, 4) is 22.6 Å². The first kappa shape index (κ1) is 16.8. The van der Waals surface area contributed by atoms with E-state index >= 15 is 0 Å². The number of hydrogen-bond donors (Lipinski definition) is 1. The van der Waals surface area contributed by atoms with Crippen molar-refractivity contribution in [2.45, 2.75) is 19.3 Å². The van der Waals surface area contributed by atoms with Crippen LogP contribution in [0.5, 0.6) is 11.5 Å². The Balaban J connectivity index is 1.65. The molecule has 0 spiro atoms. The van der Waals surface area contributed by atoms with Crippen LogP contribution in [-0.2, 0) is 16.0 Å². The minimum Gasteiger partial charge on any atom is -0.496 e. The summed E-state index contributed by atoms with van der Waals surface area (Å²) < 4.78 is 16.6. The van der Waals surface area contributed by atoms with Gasteiger partial charge in [-0.25, -0.2) is 4.98 Å². The quantitative estimate of drug-likeness (QED) is 0.914. The SMILES string of the molecule is COc1ccccc1-c1cnc(NC(=O)C2CCOCC2)c2c1CCO2. The molecule has 1 amide bonds. The summed E-state index contributed by atoms with van der Waals surface area (Å²) in [4.78, 5) is 17.0. The van der Waals surface area contributed by atoms with Gasteiger partial charge in [-0.05, 0) is 18.9 Å². The maximum Gasteiger partial charge on any atom is 0.228 e. The zero-order valence-electron chi connectivity index (χ0n) is 14.8. The number of amides is 1. The zero-order chi connectivity index (χ0) is 17.9. The molecule has 6 heteroatoms. The number of para-hydroxylation sites is 1. The van der Waals surface area contributed by atoms with E-state index in [-0.39, 0.29) is 11.8 Å². The Bertz CT molecular complexity index is 815. The predicted octanol–water partition coefficient (Wildman–Crippen LogP) is 3.06. The standard InChI is InChI=1S/C20H22N2O4/c1-24-17-5-3-2-4-14(17)16-12-21-19(18-15(16)8-11-26-18)22-20(23)13-6-9-25-10-7-13/h2-5,12-13H,6-11H2,1H3,(H,21,22,23). The summed E-state index contributed by atoms with van der Waals surface area (Å²) in [7, 11) is 1.66. The van der Waals surface area contributed by atoms with Crippen molar-refractivity contribution in [2.75, 3.05) is 32.2 Å². The van der Waals surface area contributed by atoms with Gasteiger partial charge in [0.05, 0.1) is 13.7 Å². The normalized spacial score (nSPS) is 16.7. The van der Waals surface area contributed by atoms with Crippen LogP contribution in [-0.4, -0.2) is 37.8 Å². The van der Waals surface area contributed by atoms with E-state index in [2.05, 4.69) is 10.3 Å². The summed E-state index contributed by atoms with van der Waals surface area (Å²) in [6.07, 6.45) is 4.07. The number of nitrogens with one attached hydrogen (secondary N) is 1. The molecule has 1 saturated heterocycles. The number of hydrogen-bond acceptors (Lipinski definition) is 5. The number of ether oxygens (including phenoxy) is 3. The fourth-order valence-electron chi connectivity index (χ4n) is 3.56. The summed E-state index contributed by atoms with van der Waals surface area (Å²) in [5.41, 5.74) is 3.03. The van der Waals surface area contributed by atoms with E-state index in [1.54, 1.807) is 13.3 Å². The van der Waals surface area contributed by atoms with Gasteiger partial charge in [-0.3, -0.25) is 4.79 Å². The number of anilines is 1. The van der Waals surface area contributed by atoms with Crippen LogP contribution < -0.4 is 14.8 Å². The Morgan fingerprint density at radius 2 is 2.00 bits per heavy atom. The van der Waals surface area contributed by atoms with Gasteiger partial charge in [-0.15, -0.1) is 0 Å². The molecule has 0 atom stereocenters. The molecular formula is C20H22N2O4. The van der Waals surface area contributed by atoms with Gasteiger partial charge in [0.25, 0.3) is 0 Å². The molecule has 0 radical (unpaired) electrons. The van der Waals surface area contributed by atoms with Gasteiger partial charge >= 0.3 is 0 Å². The molecule has 1 aromatic carbocycles. The van der Waals surface area contributed by atoms with Gasteiger partial charge in [0.15, 0.2) is 11.6 Å². The average Bonchev–Trinajstić information content (AvgIpc) is 3.19. The van der Waals surface area contributed by atoms with Gasteiger partial charge < -0.3 is 19.5 Å². The van der Waals surface area contributed by atoms with Crippen LogP contribution >= 0.6 is 0 Å². The number of rotatable bonds is 4. The molecule has 2 aliphatic rings. The predicted molar refractivity (Wildman–Crippen MR) is 97.6 cm³/mol.